The molecule has 0 aliphatic heterocycles. The predicted molar refractivity (Wildman–Crippen MR) is 118 cm³/mol. The van der Waals surface area contributed by atoms with E-state index >= 15 is 0 Å². The van der Waals surface area contributed by atoms with E-state index in [1.54, 1.807) is 0 Å². The Morgan fingerprint density at radius 3 is 2.24 bits per heavy atom. The maximum absolute atomic E-state index is 14.4. The van der Waals surface area contributed by atoms with E-state index in [-0.39, 0.29) is 27.0 Å². The molecular weight excluding hydrogens is 526 g/mol. The zero-order valence-electron chi connectivity index (χ0n) is 18.5. The van der Waals surface area contributed by atoms with Gasteiger partial charge in [0.2, 0.25) is 0 Å². The van der Waals surface area contributed by atoms with E-state index < -0.39 is 51.7 Å². The summed E-state index contributed by atoms with van der Waals surface area (Å²) in [6, 6.07) is 9.97. The summed E-state index contributed by atoms with van der Waals surface area (Å²) in [4.78, 5) is 31.0. The number of alkyl halides is 5. The van der Waals surface area contributed by atoms with Gasteiger partial charge in [-0.1, -0.05) is 5.16 Å². The van der Waals surface area contributed by atoms with Crippen LogP contribution in [0.5, 0.6) is 0 Å². The lowest BCUT2D eigenvalue weighted by Crippen LogP contribution is -2.36. The Morgan fingerprint density at radius 1 is 1.03 bits per heavy atom. The second-order valence-corrected chi connectivity index (χ2v) is 7.56. The van der Waals surface area contributed by atoms with E-state index in [4.69, 9.17) is 5.73 Å². The van der Waals surface area contributed by atoms with E-state index in [2.05, 4.69) is 20.1 Å². The Balaban J connectivity index is 1.72. The smallest absolute Gasteiger partial charge is 0.380 e. The normalized spacial score (nSPS) is 12.5. The number of nitro benzene ring substituents is 1. The second kappa shape index (κ2) is 9.45. The number of halogens is 6. The number of nitrogens with zero attached hydrogens (tertiary/aromatic N) is 5. The van der Waals surface area contributed by atoms with Crippen molar-refractivity contribution in [2.75, 3.05) is 0 Å². The molecule has 0 spiro atoms. The van der Waals surface area contributed by atoms with Crippen molar-refractivity contribution in [3.05, 3.63) is 93.5 Å². The van der Waals surface area contributed by atoms with E-state index in [9.17, 15) is 41.3 Å². The van der Waals surface area contributed by atoms with Crippen LogP contribution in [0.3, 0.4) is 0 Å². The van der Waals surface area contributed by atoms with Crippen molar-refractivity contribution in [3.63, 3.8) is 0 Å². The zero-order valence-corrected chi connectivity index (χ0v) is 18.5. The van der Waals surface area contributed by atoms with Crippen LogP contribution in [0, 0.1) is 15.9 Å². The minimum Gasteiger partial charge on any atom is -0.380 e. The van der Waals surface area contributed by atoms with Crippen molar-refractivity contribution >= 4 is 23.1 Å². The van der Waals surface area contributed by atoms with Gasteiger partial charge in [0.1, 0.15) is 11.5 Å². The number of fused-ring (bicyclic) bond motifs is 1. The van der Waals surface area contributed by atoms with Gasteiger partial charge >= 0.3 is 18.1 Å². The number of carbonyl (C=O) groups excluding carboxylic acids is 1. The standard InChI is InChI=1S/C22H12F6N6O4/c23-13-5-1-11(2-6-13)15-9-17(21(24,25)22(26,27)28)33-18(30-15)10-16(31-33)20(35)38-32-19(29)12-3-7-14(8-4-12)34(36)37/h1-10H,(H2,29,32). The quantitative estimate of drug-likeness (QED) is 0.0948. The van der Waals surface area contributed by atoms with E-state index in [1.807, 2.05) is 0 Å². The van der Waals surface area contributed by atoms with Crippen molar-refractivity contribution in [2.24, 2.45) is 10.9 Å². The van der Waals surface area contributed by atoms with Gasteiger partial charge < -0.3 is 10.6 Å². The summed E-state index contributed by atoms with van der Waals surface area (Å²) >= 11 is 0. The van der Waals surface area contributed by atoms with Gasteiger partial charge in [0.05, 0.1) is 10.6 Å². The van der Waals surface area contributed by atoms with Crippen molar-refractivity contribution in [3.8, 4) is 11.3 Å². The minimum atomic E-state index is -6.03. The summed E-state index contributed by atoms with van der Waals surface area (Å²) in [5.41, 5.74) is 2.18. The third kappa shape index (κ3) is 4.95. The first-order valence-electron chi connectivity index (χ1n) is 10.2. The van der Waals surface area contributed by atoms with E-state index in [0.717, 1.165) is 42.5 Å². The number of hydrogen-bond donors (Lipinski definition) is 1. The minimum absolute atomic E-state index is 0.0129. The average Bonchev–Trinajstić information content (AvgIpc) is 3.30. The van der Waals surface area contributed by atoms with Crippen molar-refractivity contribution in [2.45, 2.75) is 12.1 Å². The predicted octanol–water partition coefficient (Wildman–Crippen LogP) is 4.58. The Morgan fingerprint density at radius 2 is 1.66 bits per heavy atom. The molecule has 0 unspecified atom stereocenters. The highest BCUT2D eigenvalue weighted by molar-refractivity contribution is 5.98. The van der Waals surface area contributed by atoms with Crippen LogP contribution in [0.15, 0.2) is 65.8 Å². The number of non-ortho nitro benzene ring substituents is 1. The number of nitro groups is 1. The van der Waals surface area contributed by atoms with Crippen LogP contribution in [0.1, 0.15) is 21.7 Å². The Bertz CT molecular complexity index is 1570. The molecule has 2 heterocycles. The summed E-state index contributed by atoms with van der Waals surface area (Å²) in [6.45, 7) is 0. The number of benzene rings is 2. The molecule has 0 fully saturated rings. The van der Waals surface area contributed by atoms with Gasteiger partial charge in [-0.2, -0.15) is 27.1 Å². The van der Waals surface area contributed by atoms with Gasteiger partial charge in [-0.25, -0.2) is 18.7 Å². The Hall–Kier alpha value is -5.02. The van der Waals surface area contributed by atoms with Crippen LogP contribution < -0.4 is 5.73 Å². The molecule has 0 atom stereocenters. The Kier molecular flexibility index (Phi) is 6.48. The van der Waals surface area contributed by atoms with Crippen LogP contribution in [0.2, 0.25) is 0 Å². The van der Waals surface area contributed by atoms with Gasteiger partial charge in [-0.3, -0.25) is 10.1 Å². The number of amidine groups is 1. The summed E-state index contributed by atoms with van der Waals surface area (Å²) in [5.74, 6) is -7.89. The third-order valence-corrected chi connectivity index (χ3v) is 5.05. The van der Waals surface area contributed by atoms with Gasteiger partial charge in [-0.15, -0.1) is 0 Å². The summed E-state index contributed by atoms with van der Waals surface area (Å²) in [6.07, 6.45) is -6.03. The molecule has 0 aliphatic rings. The van der Waals surface area contributed by atoms with Gasteiger partial charge in [0.25, 0.3) is 5.69 Å². The fraction of sp³-hybridized carbons (Fsp3) is 0.0909. The fourth-order valence-corrected chi connectivity index (χ4v) is 3.16. The van der Waals surface area contributed by atoms with Gasteiger partial charge in [-0.05, 0) is 42.5 Å². The van der Waals surface area contributed by atoms with Crippen LogP contribution in [-0.4, -0.2) is 37.5 Å². The maximum atomic E-state index is 14.4. The van der Waals surface area contributed by atoms with Crippen LogP contribution in [0.4, 0.5) is 32.0 Å². The molecule has 196 valence electrons. The molecule has 0 saturated heterocycles. The van der Waals surface area contributed by atoms with Crippen LogP contribution >= 0.6 is 0 Å². The number of carbonyl (C=O) groups is 1. The molecule has 0 bridgehead atoms. The number of aromatic nitrogens is 3. The summed E-state index contributed by atoms with van der Waals surface area (Å²) in [5, 5.41) is 17.5. The van der Waals surface area contributed by atoms with Crippen molar-refractivity contribution in [1.82, 2.24) is 14.6 Å². The van der Waals surface area contributed by atoms with Gasteiger partial charge in [0.15, 0.2) is 17.2 Å². The van der Waals surface area contributed by atoms with E-state index in [0.29, 0.717) is 6.07 Å². The maximum Gasteiger partial charge on any atom is 0.459 e. The largest absolute Gasteiger partial charge is 0.459 e. The molecule has 0 radical (unpaired) electrons. The average molecular weight is 538 g/mol. The lowest BCUT2D eigenvalue weighted by Gasteiger charge is -2.21. The molecule has 0 amide bonds. The SMILES string of the molecule is N/C(=N\OC(=O)c1cc2nc(-c3ccc(F)cc3)cc(C(F)(F)C(F)(F)F)n2n1)c1ccc([N+](=O)[O-])cc1. The molecule has 0 saturated carbocycles. The molecule has 16 heteroatoms. The van der Waals surface area contributed by atoms with Crippen LogP contribution in [-0.2, 0) is 10.8 Å². The number of hydrogen-bond acceptors (Lipinski definition) is 7. The lowest BCUT2D eigenvalue weighted by atomic mass is 10.1. The highest BCUT2D eigenvalue weighted by atomic mass is 19.4. The highest BCUT2D eigenvalue weighted by Gasteiger charge is 2.60. The van der Waals surface area contributed by atoms with Crippen molar-refractivity contribution in [1.29, 1.82) is 0 Å². The molecule has 2 N–H and O–H groups in total. The Labute approximate surface area is 207 Å². The zero-order chi connectivity index (χ0) is 27.8. The highest BCUT2D eigenvalue weighted by Crippen LogP contribution is 2.44. The molecule has 0 aliphatic carbocycles. The second-order valence-electron chi connectivity index (χ2n) is 7.56. The monoisotopic (exact) mass is 538 g/mol. The number of rotatable bonds is 6. The molecule has 10 nitrogen and oxygen atoms in total. The number of nitrogens with two attached hydrogens (primary N) is 1. The van der Waals surface area contributed by atoms with Crippen molar-refractivity contribution < 1.29 is 40.9 Å². The molecule has 2 aromatic carbocycles. The first kappa shape index (κ1) is 26.1. The summed E-state index contributed by atoms with van der Waals surface area (Å²) in [7, 11) is 0. The summed E-state index contributed by atoms with van der Waals surface area (Å²) < 4.78 is 81.9. The van der Waals surface area contributed by atoms with Crippen LogP contribution in [0.25, 0.3) is 16.9 Å². The number of oxime groups is 1. The molecule has 2 aromatic heterocycles. The molecule has 4 aromatic rings. The molecule has 4 rings (SSSR count). The lowest BCUT2D eigenvalue weighted by molar-refractivity contribution is -0.384. The fourth-order valence-electron chi connectivity index (χ4n) is 3.16. The van der Waals surface area contributed by atoms with E-state index in [1.165, 1.54) is 12.1 Å². The first-order valence-corrected chi connectivity index (χ1v) is 10.2. The molecular formula is C22H12F6N6O4. The third-order valence-electron chi connectivity index (χ3n) is 5.05. The van der Waals surface area contributed by atoms with Gasteiger partial charge in [0, 0.05) is 29.3 Å². The topological polar surface area (TPSA) is 138 Å². The first-order chi connectivity index (χ1) is 17.8. The molecule has 38 heavy (non-hydrogen) atoms.